The van der Waals surface area contributed by atoms with Crippen LogP contribution in [0.25, 0.3) is 22.4 Å². The molecule has 0 atom stereocenters. The van der Waals surface area contributed by atoms with Gasteiger partial charge in [0.15, 0.2) is 0 Å². The van der Waals surface area contributed by atoms with Crippen LogP contribution in [0.4, 0.5) is 0 Å². The van der Waals surface area contributed by atoms with Gasteiger partial charge in [0.05, 0.1) is 10.9 Å². The zero-order valence-corrected chi connectivity index (χ0v) is 13.3. The van der Waals surface area contributed by atoms with Crippen LogP contribution in [0.2, 0.25) is 0 Å². The van der Waals surface area contributed by atoms with Crippen LogP contribution in [-0.2, 0) is 5.41 Å². The fraction of sp³-hybridized carbons (Fsp3) is 0.263. The van der Waals surface area contributed by atoms with E-state index in [1.807, 2.05) is 43.3 Å². The Labute approximate surface area is 129 Å². The number of hydrogen-bond acceptors (Lipinski definition) is 3. The van der Waals surface area contributed by atoms with E-state index in [-0.39, 0.29) is 11.0 Å². The number of hydrogen-bond donors (Lipinski definition) is 0. The van der Waals surface area contributed by atoms with Gasteiger partial charge in [-0.1, -0.05) is 44.5 Å². The lowest BCUT2D eigenvalue weighted by molar-refractivity contribution is 0.517. The predicted octanol–water partition coefficient (Wildman–Crippen LogP) is 4.46. The molecule has 1 heterocycles. The molecule has 0 amide bonds. The zero-order valence-electron chi connectivity index (χ0n) is 13.3. The molecule has 0 spiro atoms. The van der Waals surface area contributed by atoms with Gasteiger partial charge in [-0.15, -0.1) is 0 Å². The molecule has 0 saturated heterocycles. The summed E-state index contributed by atoms with van der Waals surface area (Å²) in [6.07, 6.45) is 0. The molecule has 0 aliphatic carbocycles. The molecule has 0 bridgehead atoms. The standard InChI is InChI=1S/C19H19NO2/c1-12-8-9-16-15(10-12)18(21)22-17(20-16)13-6-5-7-14(11-13)19(2,3)4/h5-11H,1-4H3. The second kappa shape index (κ2) is 5.09. The van der Waals surface area contributed by atoms with Crippen molar-refractivity contribution in [1.82, 2.24) is 4.98 Å². The maximum absolute atomic E-state index is 12.2. The molecule has 0 N–H and O–H groups in total. The molecule has 112 valence electrons. The quantitative estimate of drug-likeness (QED) is 0.665. The summed E-state index contributed by atoms with van der Waals surface area (Å²) in [7, 11) is 0. The van der Waals surface area contributed by atoms with Crippen LogP contribution in [0.15, 0.2) is 51.7 Å². The number of fused-ring (bicyclic) bond motifs is 1. The monoisotopic (exact) mass is 293 g/mol. The smallest absolute Gasteiger partial charge is 0.347 e. The van der Waals surface area contributed by atoms with Gasteiger partial charge in [0.1, 0.15) is 0 Å². The molecular weight excluding hydrogens is 274 g/mol. The van der Waals surface area contributed by atoms with Gasteiger partial charge in [-0.2, -0.15) is 0 Å². The van der Waals surface area contributed by atoms with E-state index in [4.69, 9.17) is 4.42 Å². The summed E-state index contributed by atoms with van der Waals surface area (Å²) >= 11 is 0. The van der Waals surface area contributed by atoms with Gasteiger partial charge >= 0.3 is 5.63 Å². The Morgan fingerprint density at radius 2 is 1.82 bits per heavy atom. The van der Waals surface area contributed by atoms with Crippen molar-refractivity contribution >= 4 is 10.9 Å². The molecule has 0 aliphatic rings. The van der Waals surface area contributed by atoms with Crippen molar-refractivity contribution in [2.75, 3.05) is 0 Å². The van der Waals surface area contributed by atoms with Crippen LogP contribution in [0.3, 0.4) is 0 Å². The van der Waals surface area contributed by atoms with Gasteiger partial charge < -0.3 is 4.42 Å². The highest BCUT2D eigenvalue weighted by atomic mass is 16.4. The Hall–Kier alpha value is -2.42. The van der Waals surface area contributed by atoms with E-state index in [0.717, 1.165) is 11.1 Å². The third kappa shape index (κ3) is 2.67. The second-order valence-corrected chi connectivity index (χ2v) is 6.66. The van der Waals surface area contributed by atoms with E-state index in [1.54, 1.807) is 0 Å². The fourth-order valence-electron chi connectivity index (χ4n) is 2.43. The normalized spacial score (nSPS) is 11.8. The van der Waals surface area contributed by atoms with Crippen LogP contribution in [0.1, 0.15) is 31.9 Å². The van der Waals surface area contributed by atoms with Gasteiger partial charge in [0.2, 0.25) is 5.89 Å². The van der Waals surface area contributed by atoms with Gasteiger partial charge in [0.25, 0.3) is 0 Å². The summed E-state index contributed by atoms with van der Waals surface area (Å²) in [5.41, 5.74) is 3.38. The Bertz CT molecular complexity index is 901. The van der Waals surface area contributed by atoms with Crippen LogP contribution in [-0.4, -0.2) is 4.98 Å². The molecule has 3 rings (SSSR count). The lowest BCUT2D eigenvalue weighted by atomic mass is 9.86. The third-order valence-electron chi connectivity index (χ3n) is 3.76. The summed E-state index contributed by atoms with van der Waals surface area (Å²) in [5.74, 6) is 0.368. The van der Waals surface area contributed by atoms with Gasteiger partial charge in [-0.3, -0.25) is 0 Å². The van der Waals surface area contributed by atoms with E-state index in [9.17, 15) is 4.79 Å². The first-order valence-corrected chi connectivity index (χ1v) is 7.37. The minimum Gasteiger partial charge on any atom is -0.403 e. The lowest BCUT2D eigenvalue weighted by Crippen LogP contribution is -2.11. The maximum Gasteiger partial charge on any atom is 0.347 e. The molecule has 3 aromatic rings. The predicted molar refractivity (Wildman–Crippen MR) is 89.2 cm³/mol. The largest absolute Gasteiger partial charge is 0.403 e. The molecule has 1 aromatic heterocycles. The van der Waals surface area contributed by atoms with Crippen molar-refractivity contribution in [3.63, 3.8) is 0 Å². The average molecular weight is 293 g/mol. The zero-order chi connectivity index (χ0) is 15.9. The van der Waals surface area contributed by atoms with Crippen molar-refractivity contribution < 1.29 is 4.42 Å². The van der Waals surface area contributed by atoms with E-state index in [0.29, 0.717) is 16.8 Å². The summed E-state index contributed by atoms with van der Waals surface area (Å²) in [6, 6.07) is 13.6. The van der Waals surface area contributed by atoms with Gasteiger partial charge in [0, 0.05) is 5.56 Å². The molecule has 0 unspecified atom stereocenters. The van der Waals surface area contributed by atoms with Crippen LogP contribution >= 0.6 is 0 Å². The SMILES string of the molecule is Cc1ccc2nc(-c3cccc(C(C)(C)C)c3)oc(=O)c2c1. The topological polar surface area (TPSA) is 43.1 Å². The van der Waals surface area contributed by atoms with E-state index >= 15 is 0 Å². The molecule has 0 saturated carbocycles. The van der Waals surface area contributed by atoms with Gasteiger partial charge in [-0.05, 0) is 42.2 Å². The van der Waals surface area contributed by atoms with Crippen LogP contribution in [0, 0.1) is 6.92 Å². The Morgan fingerprint density at radius 3 is 2.55 bits per heavy atom. The minimum absolute atomic E-state index is 0.0320. The van der Waals surface area contributed by atoms with E-state index < -0.39 is 0 Å². The summed E-state index contributed by atoms with van der Waals surface area (Å²) in [4.78, 5) is 16.7. The average Bonchev–Trinajstić information content (AvgIpc) is 2.47. The van der Waals surface area contributed by atoms with Crippen molar-refractivity contribution in [1.29, 1.82) is 0 Å². The highest BCUT2D eigenvalue weighted by Crippen LogP contribution is 2.27. The van der Waals surface area contributed by atoms with Crippen molar-refractivity contribution in [3.8, 4) is 11.5 Å². The Balaban J connectivity index is 2.19. The van der Waals surface area contributed by atoms with Crippen molar-refractivity contribution in [2.45, 2.75) is 33.1 Å². The third-order valence-corrected chi connectivity index (χ3v) is 3.76. The highest BCUT2D eigenvalue weighted by Gasteiger charge is 2.15. The Morgan fingerprint density at radius 1 is 1.05 bits per heavy atom. The van der Waals surface area contributed by atoms with Crippen LogP contribution < -0.4 is 5.63 Å². The van der Waals surface area contributed by atoms with Gasteiger partial charge in [-0.25, -0.2) is 9.78 Å². The maximum atomic E-state index is 12.2. The fourth-order valence-corrected chi connectivity index (χ4v) is 2.43. The molecule has 0 radical (unpaired) electrons. The van der Waals surface area contributed by atoms with Crippen molar-refractivity contribution in [2.24, 2.45) is 0 Å². The Kier molecular flexibility index (Phi) is 3.36. The van der Waals surface area contributed by atoms with E-state index in [1.165, 1.54) is 5.56 Å². The first-order valence-electron chi connectivity index (χ1n) is 7.37. The number of aryl methyl sites for hydroxylation is 1. The molecule has 2 aromatic carbocycles. The molecule has 22 heavy (non-hydrogen) atoms. The molecule has 3 nitrogen and oxygen atoms in total. The first kappa shape index (κ1) is 14.5. The number of aromatic nitrogens is 1. The first-order chi connectivity index (χ1) is 10.3. The minimum atomic E-state index is -0.343. The van der Waals surface area contributed by atoms with Crippen molar-refractivity contribution in [3.05, 3.63) is 64.0 Å². The molecular formula is C19H19NO2. The number of rotatable bonds is 1. The summed E-state index contributed by atoms with van der Waals surface area (Å²) in [6.45, 7) is 8.40. The highest BCUT2D eigenvalue weighted by molar-refractivity contribution is 5.79. The second-order valence-electron chi connectivity index (χ2n) is 6.66. The number of benzene rings is 2. The molecule has 0 fully saturated rings. The lowest BCUT2D eigenvalue weighted by Gasteiger charge is -2.19. The summed E-state index contributed by atoms with van der Waals surface area (Å²) in [5, 5.41) is 0.524. The van der Waals surface area contributed by atoms with Crippen LogP contribution in [0.5, 0.6) is 0 Å². The summed E-state index contributed by atoms with van der Waals surface area (Å²) < 4.78 is 5.43. The molecule has 0 aliphatic heterocycles. The van der Waals surface area contributed by atoms with E-state index in [2.05, 4.69) is 31.8 Å². The molecule has 3 heteroatoms. The number of nitrogens with zero attached hydrogens (tertiary/aromatic N) is 1.